The fraction of sp³-hybridized carbons (Fsp3) is 0.0833. The van der Waals surface area contributed by atoms with Crippen LogP contribution in [0.5, 0.6) is 0 Å². The number of rotatable bonds is 6. The van der Waals surface area contributed by atoms with Crippen LogP contribution in [0.15, 0.2) is 90.0 Å². The van der Waals surface area contributed by atoms with E-state index in [-0.39, 0.29) is 17.9 Å². The molecule has 2 aromatic heterocycles. The van der Waals surface area contributed by atoms with Gasteiger partial charge in [-0.3, -0.25) is 19.1 Å². The minimum absolute atomic E-state index is 0.0325. The van der Waals surface area contributed by atoms with Crippen molar-refractivity contribution in [3.05, 3.63) is 101 Å². The second-order valence-electron chi connectivity index (χ2n) is 6.82. The van der Waals surface area contributed by atoms with Crippen molar-refractivity contribution in [2.75, 3.05) is 11.9 Å². The molecule has 0 fully saturated rings. The minimum Gasteiger partial charge on any atom is -0.348 e. The summed E-state index contributed by atoms with van der Waals surface area (Å²) in [4.78, 5) is 33.4. The Morgan fingerprint density at radius 3 is 2.27 bits per heavy atom. The largest absolute Gasteiger partial charge is 0.348 e. The second kappa shape index (κ2) is 8.53. The molecule has 148 valence electrons. The first-order valence-electron chi connectivity index (χ1n) is 9.53. The lowest BCUT2D eigenvalue weighted by Gasteiger charge is -2.11. The van der Waals surface area contributed by atoms with Crippen molar-refractivity contribution in [3.63, 3.8) is 0 Å². The first-order valence-corrected chi connectivity index (χ1v) is 9.53. The molecule has 0 atom stereocenters. The summed E-state index contributed by atoms with van der Waals surface area (Å²) in [6.45, 7) is 0.0325. The van der Waals surface area contributed by atoms with E-state index in [0.717, 1.165) is 16.7 Å². The van der Waals surface area contributed by atoms with Gasteiger partial charge in [-0.05, 0) is 23.3 Å². The molecule has 6 heteroatoms. The van der Waals surface area contributed by atoms with E-state index >= 15 is 0 Å². The SMILES string of the molecule is Cn1c(NCC(=O)c2ccc(-c3ccccc3)cc2)nc(-c2ccncc2)cc1=O. The van der Waals surface area contributed by atoms with E-state index in [0.29, 0.717) is 17.2 Å². The Bertz CT molecular complexity index is 1220. The van der Waals surface area contributed by atoms with Crippen LogP contribution in [-0.4, -0.2) is 26.9 Å². The van der Waals surface area contributed by atoms with Crippen molar-refractivity contribution in [3.8, 4) is 22.4 Å². The van der Waals surface area contributed by atoms with Crippen molar-refractivity contribution < 1.29 is 4.79 Å². The molecular formula is C24H20N4O2. The Balaban J connectivity index is 1.50. The summed E-state index contributed by atoms with van der Waals surface area (Å²) in [6.07, 6.45) is 3.29. The first kappa shape index (κ1) is 19.3. The van der Waals surface area contributed by atoms with Crippen molar-refractivity contribution in [1.29, 1.82) is 0 Å². The molecule has 30 heavy (non-hydrogen) atoms. The van der Waals surface area contributed by atoms with Crippen LogP contribution >= 0.6 is 0 Å². The van der Waals surface area contributed by atoms with Gasteiger partial charge in [0, 0.05) is 36.6 Å². The van der Waals surface area contributed by atoms with Crippen LogP contribution in [0, 0.1) is 0 Å². The van der Waals surface area contributed by atoms with E-state index in [1.807, 2.05) is 54.6 Å². The lowest BCUT2D eigenvalue weighted by Crippen LogP contribution is -2.24. The van der Waals surface area contributed by atoms with Gasteiger partial charge in [-0.25, -0.2) is 4.98 Å². The van der Waals surface area contributed by atoms with E-state index in [1.54, 1.807) is 31.6 Å². The van der Waals surface area contributed by atoms with Gasteiger partial charge < -0.3 is 5.32 Å². The van der Waals surface area contributed by atoms with Crippen molar-refractivity contribution >= 4 is 11.7 Å². The molecule has 6 nitrogen and oxygen atoms in total. The summed E-state index contributed by atoms with van der Waals surface area (Å²) in [5.74, 6) is 0.252. The third-order valence-electron chi connectivity index (χ3n) is 4.83. The zero-order valence-electron chi connectivity index (χ0n) is 16.4. The number of hydrogen-bond acceptors (Lipinski definition) is 5. The molecule has 2 heterocycles. The zero-order valence-corrected chi connectivity index (χ0v) is 16.4. The highest BCUT2D eigenvalue weighted by Gasteiger charge is 2.11. The van der Waals surface area contributed by atoms with Crippen molar-refractivity contribution in [2.24, 2.45) is 7.05 Å². The number of carbonyl (C=O) groups is 1. The van der Waals surface area contributed by atoms with Crippen LogP contribution in [-0.2, 0) is 7.05 Å². The van der Waals surface area contributed by atoms with Crippen LogP contribution in [0.3, 0.4) is 0 Å². The molecule has 0 aliphatic heterocycles. The molecule has 4 rings (SSSR count). The van der Waals surface area contributed by atoms with Gasteiger partial charge in [-0.15, -0.1) is 0 Å². The fourth-order valence-corrected chi connectivity index (χ4v) is 3.11. The summed E-state index contributed by atoms with van der Waals surface area (Å²) in [5, 5.41) is 3.00. The molecule has 0 unspecified atom stereocenters. The Morgan fingerprint density at radius 1 is 0.900 bits per heavy atom. The van der Waals surface area contributed by atoms with Crippen LogP contribution < -0.4 is 10.9 Å². The Hall–Kier alpha value is -4.06. The van der Waals surface area contributed by atoms with Gasteiger partial charge in [0.2, 0.25) is 5.95 Å². The summed E-state index contributed by atoms with van der Waals surface area (Å²) in [5.41, 5.74) is 3.85. The number of pyridine rings is 1. The maximum atomic E-state index is 12.6. The molecule has 0 saturated heterocycles. The van der Waals surface area contributed by atoms with Crippen LogP contribution in [0.25, 0.3) is 22.4 Å². The average Bonchev–Trinajstić information content (AvgIpc) is 2.81. The summed E-state index contributed by atoms with van der Waals surface area (Å²) in [6, 6.07) is 22.5. The number of nitrogens with one attached hydrogen (secondary N) is 1. The Labute approximate surface area is 173 Å². The lowest BCUT2D eigenvalue weighted by molar-refractivity contribution is 0.101. The van der Waals surface area contributed by atoms with Crippen molar-refractivity contribution in [1.82, 2.24) is 14.5 Å². The minimum atomic E-state index is -0.209. The van der Waals surface area contributed by atoms with Crippen LogP contribution in [0.4, 0.5) is 5.95 Å². The van der Waals surface area contributed by atoms with Gasteiger partial charge in [0.15, 0.2) is 5.78 Å². The van der Waals surface area contributed by atoms with Crippen molar-refractivity contribution in [2.45, 2.75) is 0 Å². The predicted molar refractivity (Wildman–Crippen MR) is 117 cm³/mol. The molecule has 0 saturated carbocycles. The smallest absolute Gasteiger partial charge is 0.255 e. The van der Waals surface area contributed by atoms with E-state index in [9.17, 15) is 9.59 Å². The maximum absolute atomic E-state index is 12.6. The molecule has 0 radical (unpaired) electrons. The van der Waals surface area contributed by atoms with Crippen LogP contribution in [0.2, 0.25) is 0 Å². The van der Waals surface area contributed by atoms with Gasteiger partial charge in [0.1, 0.15) is 0 Å². The van der Waals surface area contributed by atoms with Crippen LogP contribution in [0.1, 0.15) is 10.4 Å². The number of benzene rings is 2. The number of aromatic nitrogens is 3. The highest BCUT2D eigenvalue weighted by atomic mass is 16.1. The Morgan fingerprint density at radius 2 is 1.57 bits per heavy atom. The second-order valence-corrected chi connectivity index (χ2v) is 6.82. The maximum Gasteiger partial charge on any atom is 0.255 e. The highest BCUT2D eigenvalue weighted by molar-refractivity contribution is 5.99. The van der Waals surface area contributed by atoms with Gasteiger partial charge >= 0.3 is 0 Å². The summed E-state index contributed by atoms with van der Waals surface area (Å²) in [7, 11) is 1.62. The van der Waals surface area contributed by atoms with Gasteiger partial charge in [-0.2, -0.15) is 0 Å². The third kappa shape index (κ3) is 4.17. The molecule has 0 aliphatic carbocycles. The summed E-state index contributed by atoms with van der Waals surface area (Å²) >= 11 is 0. The summed E-state index contributed by atoms with van der Waals surface area (Å²) < 4.78 is 1.39. The molecule has 4 aromatic rings. The van der Waals surface area contributed by atoms with E-state index in [1.165, 1.54) is 10.6 Å². The fourth-order valence-electron chi connectivity index (χ4n) is 3.11. The van der Waals surface area contributed by atoms with E-state index < -0.39 is 0 Å². The van der Waals surface area contributed by atoms with Gasteiger partial charge in [0.25, 0.3) is 5.56 Å². The lowest BCUT2D eigenvalue weighted by atomic mass is 10.0. The quantitative estimate of drug-likeness (QED) is 0.502. The molecule has 2 aromatic carbocycles. The van der Waals surface area contributed by atoms with E-state index in [2.05, 4.69) is 15.3 Å². The number of ketones is 1. The zero-order chi connectivity index (χ0) is 20.9. The number of nitrogens with zero attached hydrogens (tertiary/aromatic N) is 3. The number of Topliss-reactive ketones (excluding diaryl/α,β-unsaturated/α-hetero) is 1. The molecular weight excluding hydrogens is 376 g/mol. The van der Waals surface area contributed by atoms with Gasteiger partial charge in [-0.1, -0.05) is 54.6 Å². The van der Waals surface area contributed by atoms with E-state index in [4.69, 9.17) is 0 Å². The average molecular weight is 396 g/mol. The number of anilines is 1. The highest BCUT2D eigenvalue weighted by Crippen LogP contribution is 2.20. The molecule has 1 N–H and O–H groups in total. The number of carbonyl (C=O) groups excluding carboxylic acids is 1. The first-order chi connectivity index (χ1) is 14.6. The normalized spacial score (nSPS) is 10.6. The third-order valence-corrected chi connectivity index (χ3v) is 4.83. The Kier molecular flexibility index (Phi) is 5.48. The molecule has 0 amide bonds. The molecule has 0 bridgehead atoms. The monoisotopic (exact) mass is 396 g/mol. The number of hydrogen-bond donors (Lipinski definition) is 1. The predicted octanol–water partition coefficient (Wildman–Crippen LogP) is 3.80. The standard InChI is InChI=1S/C24H20N4O2/c1-28-23(30)15-21(19-11-13-25-14-12-19)27-24(28)26-16-22(29)20-9-7-18(8-10-20)17-5-3-2-4-6-17/h2-15H,16H2,1H3,(H,26,27). The topological polar surface area (TPSA) is 76.9 Å². The molecule has 0 spiro atoms. The van der Waals surface area contributed by atoms with Gasteiger partial charge in [0.05, 0.1) is 12.2 Å². The molecule has 0 aliphatic rings.